The molecule has 0 spiro atoms. The smallest absolute Gasteiger partial charge is 0.322 e. The molecule has 4 rings (SSSR count). The maximum atomic E-state index is 12.0. The predicted octanol–water partition coefficient (Wildman–Crippen LogP) is 1.11. The molecule has 0 aromatic rings. The second-order valence-corrected chi connectivity index (χ2v) is 5.60. The Hall–Kier alpha value is -0.740. The Morgan fingerprint density at radius 1 is 1.33 bits per heavy atom. The summed E-state index contributed by atoms with van der Waals surface area (Å²) in [6, 6.07) is 0. The van der Waals surface area contributed by atoms with Crippen LogP contribution in [0.4, 0.5) is 0 Å². The SMILES string of the molecule is C=C1OC(=O)C23CSCC12C1C=CC3O1. The van der Waals surface area contributed by atoms with E-state index in [0.717, 1.165) is 11.5 Å². The van der Waals surface area contributed by atoms with Gasteiger partial charge >= 0.3 is 5.97 Å². The van der Waals surface area contributed by atoms with Gasteiger partial charge in [-0.05, 0) is 0 Å². The molecular weight excluding hydrogens is 212 g/mol. The molecule has 15 heavy (non-hydrogen) atoms. The van der Waals surface area contributed by atoms with Crippen molar-refractivity contribution in [3.63, 3.8) is 0 Å². The van der Waals surface area contributed by atoms with E-state index in [1.165, 1.54) is 0 Å². The van der Waals surface area contributed by atoms with Gasteiger partial charge in [-0.3, -0.25) is 4.79 Å². The van der Waals surface area contributed by atoms with Gasteiger partial charge < -0.3 is 9.47 Å². The Bertz CT molecular complexity index is 394. The molecule has 0 amide bonds. The van der Waals surface area contributed by atoms with Crippen molar-refractivity contribution in [3.8, 4) is 0 Å². The van der Waals surface area contributed by atoms with E-state index in [2.05, 4.69) is 12.7 Å². The van der Waals surface area contributed by atoms with Crippen LogP contribution in [-0.4, -0.2) is 29.7 Å². The summed E-state index contributed by atoms with van der Waals surface area (Å²) >= 11 is 1.81. The zero-order chi connectivity index (χ0) is 10.3. The van der Waals surface area contributed by atoms with Crippen molar-refractivity contribution in [1.82, 2.24) is 0 Å². The maximum Gasteiger partial charge on any atom is 0.322 e. The minimum Gasteiger partial charge on any atom is -0.430 e. The van der Waals surface area contributed by atoms with E-state index in [4.69, 9.17) is 9.47 Å². The predicted molar refractivity (Wildman–Crippen MR) is 55.2 cm³/mol. The highest BCUT2D eigenvalue weighted by Gasteiger charge is 2.79. The average molecular weight is 222 g/mol. The maximum absolute atomic E-state index is 12.0. The van der Waals surface area contributed by atoms with Crippen LogP contribution >= 0.6 is 11.8 Å². The molecule has 4 aliphatic rings. The third-order valence-corrected chi connectivity index (χ3v) is 5.58. The van der Waals surface area contributed by atoms with E-state index in [-0.39, 0.29) is 23.6 Å². The highest BCUT2D eigenvalue weighted by Crippen LogP contribution is 2.70. The zero-order valence-corrected chi connectivity index (χ0v) is 8.88. The van der Waals surface area contributed by atoms with Gasteiger partial charge in [-0.1, -0.05) is 18.7 Å². The Kier molecular flexibility index (Phi) is 1.22. The lowest BCUT2D eigenvalue weighted by Gasteiger charge is -2.32. The van der Waals surface area contributed by atoms with Crippen LogP contribution < -0.4 is 0 Å². The molecular formula is C11H10O3S. The molecule has 0 N–H and O–H groups in total. The number of carbonyl (C=O) groups is 1. The number of cyclic esters (lactones) is 1. The van der Waals surface area contributed by atoms with Gasteiger partial charge in [-0.15, -0.1) is 0 Å². The molecule has 0 saturated carbocycles. The van der Waals surface area contributed by atoms with Crippen LogP contribution in [0.25, 0.3) is 0 Å². The van der Waals surface area contributed by atoms with Crippen LogP contribution in [-0.2, 0) is 14.3 Å². The summed E-state index contributed by atoms with van der Waals surface area (Å²) in [6.45, 7) is 3.92. The molecule has 2 bridgehead atoms. The van der Waals surface area contributed by atoms with Gasteiger partial charge in [0, 0.05) is 11.5 Å². The third-order valence-electron chi connectivity index (χ3n) is 4.26. The van der Waals surface area contributed by atoms with Crippen molar-refractivity contribution in [1.29, 1.82) is 0 Å². The van der Waals surface area contributed by atoms with E-state index < -0.39 is 5.41 Å². The number of hydrogen-bond donors (Lipinski definition) is 0. The summed E-state index contributed by atoms with van der Waals surface area (Å²) in [5.41, 5.74) is -0.734. The van der Waals surface area contributed by atoms with Crippen molar-refractivity contribution >= 4 is 17.7 Å². The first-order valence-electron chi connectivity index (χ1n) is 5.05. The average Bonchev–Trinajstić information content (AvgIpc) is 2.89. The van der Waals surface area contributed by atoms with Crippen LogP contribution in [0.3, 0.4) is 0 Å². The molecule has 4 atom stereocenters. The molecule has 4 unspecified atom stereocenters. The number of hydrogen-bond acceptors (Lipinski definition) is 4. The van der Waals surface area contributed by atoms with Crippen molar-refractivity contribution in [2.24, 2.45) is 10.8 Å². The Morgan fingerprint density at radius 2 is 2.00 bits per heavy atom. The Labute approximate surface area is 91.5 Å². The number of carbonyl (C=O) groups excluding carboxylic acids is 1. The molecule has 3 nitrogen and oxygen atoms in total. The molecule has 0 aliphatic carbocycles. The summed E-state index contributed by atoms with van der Waals surface area (Å²) in [6.07, 6.45) is 3.97. The lowest BCUT2D eigenvalue weighted by atomic mass is 9.61. The van der Waals surface area contributed by atoms with Crippen molar-refractivity contribution in [3.05, 3.63) is 24.5 Å². The third kappa shape index (κ3) is 0.593. The van der Waals surface area contributed by atoms with Crippen LogP contribution in [0.15, 0.2) is 24.5 Å². The Balaban J connectivity index is 2.05. The Morgan fingerprint density at radius 3 is 2.73 bits per heavy atom. The second kappa shape index (κ2) is 2.18. The number of ether oxygens (including phenoxy) is 2. The molecule has 4 heteroatoms. The standard InChI is InChI=1S/C11H10O3S/c1-6-10-4-15-5-11(10,9(12)13-6)8-3-2-7(10)14-8/h2-3,7-8H,1,4-5H2. The van der Waals surface area contributed by atoms with Gasteiger partial charge in [0.1, 0.15) is 11.2 Å². The first-order chi connectivity index (χ1) is 7.22. The van der Waals surface area contributed by atoms with Crippen LogP contribution in [0, 0.1) is 10.8 Å². The van der Waals surface area contributed by atoms with E-state index in [1.54, 1.807) is 0 Å². The van der Waals surface area contributed by atoms with Gasteiger partial charge in [0.2, 0.25) is 0 Å². The molecule has 0 radical (unpaired) electrons. The molecule has 0 aromatic carbocycles. The largest absolute Gasteiger partial charge is 0.430 e. The van der Waals surface area contributed by atoms with E-state index >= 15 is 0 Å². The molecule has 0 aromatic heterocycles. The first kappa shape index (κ1) is 8.42. The summed E-state index contributed by atoms with van der Waals surface area (Å²) in [7, 11) is 0. The molecule has 3 fully saturated rings. The summed E-state index contributed by atoms with van der Waals surface area (Å²) < 4.78 is 11.1. The van der Waals surface area contributed by atoms with E-state index in [9.17, 15) is 4.79 Å². The first-order valence-corrected chi connectivity index (χ1v) is 6.20. The normalized spacial score (nSPS) is 54.7. The van der Waals surface area contributed by atoms with E-state index in [1.807, 2.05) is 17.8 Å². The van der Waals surface area contributed by atoms with Crippen molar-refractivity contribution < 1.29 is 14.3 Å². The molecule has 4 aliphatic heterocycles. The lowest BCUT2D eigenvalue weighted by molar-refractivity contribution is -0.146. The fraction of sp³-hybridized carbons (Fsp3) is 0.545. The minimum absolute atomic E-state index is 0.00329. The van der Waals surface area contributed by atoms with E-state index in [0.29, 0.717) is 5.76 Å². The summed E-state index contributed by atoms with van der Waals surface area (Å²) in [4.78, 5) is 12.0. The van der Waals surface area contributed by atoms with Gasteiger partial charge in [-0.25, -0.2) is 0 Å². The number of rotatable bonds is 0. The van der Waals surface area contributed by atoms with Gasteiger partial charge in [0.15, 0.2) is 0 Å². The van der Waals surface area contributed by atoms with Crippen molar-refractivity contribution in [2.45, 2.75) is 12.2 Å². The fourth-order valence-electron chi connectivity index (χ4n) is 3.45. The lowest BCUT2D eigenvalue weighted by Crippen LogP contribution is -2.47. The van der Waals surface area contributed by atoms with Gasteiger partial charge in [-0.2, -0.15) is 11.8 Å². The van der Waals surface area contributed by atoms with Crippen LogP contribution in [0.2, 0.25) is 0 Å². The minimum atomic E-state index is -0.464. The topological polar surface area (TPSA) is 35.5 Å². The van der Waals surface area contributed by atoms with Crippen LogP contribution in [0.1, 0.15) is 0 Å². The van der Waals surface area contributed by atoms with Gasteiger partial charge in [0.25, 0.3) is 0 Å². The van der Waals surface area contributed by atoms with Crippen LogP contribution in [0.5, 0.6) is 0 Å². The van der Waals surface area contributed by atoms with Gasteiger partial charge in [0.05, 0.1) is 17.6 Å². The highest BCUT2D eigenvalue weighted by atomic mass is 32.2. The summed E-state index contributed by atoms with van der Waals surface area (Å²) in [5.74, 6) is 2.18. The number of thioether (sulfide) groups is 1. The number of fused-ring (bicyclic) bond motifs is 2. The molecule has 78 valence electrons. The number of esters is 1. The summed E-state index contributed by atoms with van der Waals surface area (Å²) in [5, 5.41) is 0. The fourth-order valence-corrected chi connectivity index (χ4v) is 5.32. The molecule has 4 heterocycles. The second-order valence-electron chi connectivity index (χ2n) is 4.61. The quantitative estimate of drug-likeness (QED) is 0.454. The van der Waals surface area contributed by atoms with Crippen molar-refractivity contribution in [2.75, 3.05) is 11.5 Å². The highest BCUT2D eigenvalue weighted by molar-refractivity contribution is 7.99. The zero-order valence-electron chi connectivity index (χ0n) is 8.06. The molecule has 3 saturated heterocycles. The monoisotopic (exact) mass is 222 g/mol.